The van der Waals surface area contributed by atoms with Gasteiger partial charge < -0.3 is 19.9 Å². The molecular formula is C16H22NO3+. The number of hydrogen-bond donors (Lipinski definition) is 2. The monoisotopic (exact) mass is 276 g/mol. The third kappa shape index (κ3) is 1.90. The van der Waals surface area contributed by atoms with Gasteiger partial charge in [0, 0.05) is 17.9 Å². The third-order valence-corrected chi connectivity index (χ3v) is 5.28. The lowest BCUT2D eigenvalue weighted by Gasteiger charge is -2.46. The average Bonchev–Trinajstić information content (AvgIpc) is 2.93. The molecule has 3 atom stereocenters. The van der Waals surface area contributed by atoms with Gasteiger partial charge in [0.15, 0.2) is 11.5 Å². The minimum absolute atomic E-state index is 0.320. The van der Waals surface area contributed by atoms with Crippen molar-refractivity contribution in [2.75, 3.05) is 13.3 Å². The number of piperidine rings is 1. The van der Waals surface area contributed by atoms with Crippen LogP contribution in [0.15, 0.2) is 18.2 Å². The molecule has 0 amide bonds. The predicted octanol–water partition coefficient (Wildman–Crippen LogP) is 1.34. The molecule has 0 spiro atoms. The van der Waals surface area contributed by atoms with Gasteiger partial charge in [-0.1, -0.05) is 12.8 Å². The quantitative estimate of drug-likeness (QED) is 0.814. The molecule has 108 valence electrons. The number of ether oxygens (including phenoxy) is 2. The number of benzene rings is 1. The van der Waals surface area contributed by atoms with Crippen molar-refractivity contribution in [1.29, 1.82) is 0 Å². The molecule has 2 aliphatic heterocycles. The second-order valence-electron chi connectivity index (χ2n) is 6.37. The van der Waals surface area contributed by atoms with Crippen LogP contribution in [0.5, 0.6) is 11.5 Å². The van der Waals surface area contributed by atoms with Crippen LogP contribution in [0, 0.1) is 5.92 Å². The predicted molar refractivity (Wildman–Crippen MR) is 73.6 cm³/mol. The van der Waals surface area contributed by atoms with Crippen LogP contribution >= 0.6 is 0 Å². The fraction of sp³-hybridized carbons (Fsp3) is 0.625. The Labute approximate surface area is 119 Å². The minimum atomic E-state index is -0.450. The lowest BCUT2D eigenvalue weighted by Crippen LogP contribution is -2.91. The van der Waals surface area contributed by atoms with Crippen LogP contribution < -0.4 is 14.8 Å². The Hall–Kier alpha value is -1.26. The molecule has 1 saturated heterocycles. The van der Waals surface area contributed by atoms with Crippen molar-refractivity contribution in [2.24, 2.45) is 5.92 Å². The normalized spacial score (nSPS) is 35.6. The summed E-state index contributed by atoms with van der Waals surface area (Å²) in [6.45, 7) is 1.33. The Kier molecular flexibility index (Phi) is 2.89. The second-order valence-corrected chi connectivity index (χ2v) is 6.37. The first kappa shape index (κ1) is 12.5. The van der Waals surface area contributed by atoms with Gasteiger partial charge in [-0.25, -0.2) is 0 Å². The SMILES string of the molecule is O[C@]12CCCC[C@@H]1[C@@H](c1ccc3c(c1)OCO3)[NH2+]CC2. The van der Waals surface area contributed by atoms with Crippen LogP contribution in [0.2, 0.25) is 0 Å². The molecule has 2 heterocycles. The van der Waals surface area contributed by atoms with E-state index in [0.717, 1.165) is 37.3 Å². The van der Waals surface area contributed by atoms with Crippen molar-refractivity contribution < 1.29 is 19.9 Å². The standard InChI is InChI=1S/C16H21NO3/c18-16-6-2-1-3-12(16)15(17-8-7-16)11-4-5-13-14(9-11)20-10-19-13/h4-5,9,12,15,17-18H,1-3,6-8,10H2/p+1/t12-,15-,16+/m1/s1. The fourth-order valence-electron chi connectivity index (χ4n) is 4.24. The van der Waals surface area contributed by atoms with Crippen LogP contribution in [0.4, 0.5) is 0 Å². The third-order valence-electron chi connectivity index (χ3n) is 5.28. The van der Waals surface area contributed by atoms with Crippen LogP contribution in [-0.2, 0) is 0 Å². The maximum Gasteiger partial charge on any atom is 0.231 e. The largest absolute Gasteiger partial charge is 0.454 e. The van der Waals surface area contributed by atoms with Gasteiger partial charge in [0.05, 0.1) is 12.1 Å². The van der Waals surface area contributed by atoms with E-state index in [4.69, 9.17) is 9.47 Å². The summed E-state index contributed by atoms with van der Waals surface area (Å²) in [7, 11) is 0. The van der Waals surface area contributed by atoms with E-state index in [-0.39, 0.29) is 0 Å². The Morgan fingerprint density at radius 3 is 3.00 bits per heavy atom. The number of quaternary nitrogens is 1. The summed E-state index contributed by atoms with van der Waals surface area (Å²) in [5, 5.41) is 13.3. The highest BCUT2D eigenvalue weighted by Crippen LogP contribution is 2.44. The van der Waals surface area contributed by atoms with Crippen LogP contribution in [0.25, 0.3) is 0 Å². The minimum Gasteiger partial charge on any atom is -0.454 e. The van der Waals surface area contributed by atoms with Crippen molar-refractivity contribution in [3.05, 3.63) is 23.8 Å². The van der Waals surface area contributed by atoms with Gasteiger partial charge in [-0.3, -0.25) is 0 Å². The molecule has 4 nitrogen and oxygen atoms in total. The zero-order chi connectivity index (χ0) is 13.6. The first-order valence-electron chi connectivity index (χ1n) is 7.71. The highest BCUT2D eigenvalue weighted by molar-refractivity contribution is 5.45. The summed E-state index contributed by atoms with van der Waals surface area (Å²) in [6.07, 6.45) is 5.43. The molecule has 0 radical (unpaired) electrons. The summed E-state index contributed by atoms with van der Waals surface area (Å²) in [5.41, 5.74) is 0.813. The summed E-state index contributed by atoms with van der Waals surface area (Å²) < 4.78 is 10.9. The number of hydrogen-bond acceptors (Lipinski definition) is 3. The summed E-state index contributed by atoms with van der Waals surface area (Å²) in [6, 6.07) is 6.59. The molecular weight excluding hydrogens is 254 g/mol. The lowest BCUT2D eigenvalue weighted by molar-refractivity contribution is -0.719. The van der Waals surface area contributed by atoms with E-state index in [9.17, 15) is 5.11 Å². The molecule has 2 fully saturated rings. The van der Waals surface area contributed by atoms with Gasteiger partial charge >= 0.3 is 0 Å². The van der Waals surface area contributed by atoms with E-state index in [2.05, 4.69) is 17.4 Å². The zero-order valence-corrected chi connectivity index (χ0v) is 11.7. The van der Waals surface area contributed by atoms with Gasteiger partial charge in [-0.15, -0.1) is 0 Å². The maximum absolute atomic E-state index is 10.9. The smallest absolute Gasteiger partial charge is 0.231 e. The van der Waals surface area contributed by atoms with E-state index in [0.29, 0.717) is 18.8 Å². The van der Waals surface area contributed by atoms with Gasteiger partial charge in [0.1, 0.15) is 6.04 Å². The zero-order valence-electron chi connectivity index (χ0n) is 11.7. The molecule has 4 rings (SSSR count). The van der Waals surface area contributed by atoms with E-state index in [1.807, 2.05) is 6.07 Å². The molecule has 1 aromatic carbocycles. The van der Waals surface area contributed by atoms with E-state index >= 15 is 0 Å². The molecule has 4 heteroatoms. The average molecular weight is 276 g/mol. The second kappa shape index (κ2) is 4.64. The fourth-order valence-corrected chi connectivity index (χ4v) is 4.24. The van der Waals surface area contributed by atoms with Crippen LogP contribution in [0.3, 0.4) is 0 Å². The molecule has 0 aromatic heterocycles. The van der Waals surface area contributed by atoms with E-state index < -0.39 is 5.60 Å². The highest BCUT2D eigenvalue weighted by Gasteiger charge is 2.48. The van der Waals surface area contributed by atoms with Crippen molar-refractivity contribution in [3.63, 3.8) is 0 Å². The van der Waals surface area contributed by atoms with Crippen molar-refractivity contribution in [1.82, 2.24) is 0 Å². The van der Waals surface area contributed by atoms with Gasteiger partial charge in [-0.05, 0) is 31.0 Å². The molecule has 0 unspecified atom stereocenters. The topological polar surface area (TPSA) is 55.3 Å². The molecule has 20 heavy (non-hydrogen) atoms. The first-order valence-corrected chi connectivity index (χ1v) is 7.71. The summed E-state index contributed by atoms with van der Waals surface area (Å²) in [5.74, 6) is 2.05. The lowest BCUT2D eigenvalue weighted by atomic mass is 9.67. The highest BCUT2D eigenvalue weighted by atomic mass is 16.7. The van der Waals surface area contributed by atoms with Crippen molar-refractivity contribution >= 4 is 0 Å². The molecule has 0 bridgehead atoms. The maximum atomic E-state index is 10.9. The van der Waals surface area contributed by atoms with Crippen LogP contribution in [-0.4, -0.2) is 24.0 Å². The molecule has 1 aliphatic carbocycles. The van der Waals surface area contributed by atoms with Crippen molar-refractivity contribution in [3.8, 4) is 11.5 Å². The molecule has 3 aliphatic rings. The Bertz CT molecular complexity index is 514. The molecule has 3 N–H and O–H groups in total. The van der Waals surface area contributed by atoms with Gasteiger partial charge in [0.2, 0.25) is 6.79 Å². The van der Waals surface area contributed by atoms with Gasteiger partial charge in [-0.2, -0.15) is 0 Å². The number of nitrogens with two attached hydrogens (primary N) is 1. The summed E-state index contributed by atoms with van der Waals surface area (Å²) >= 11 is 0. The van der Waals surface area contributed by atoms with Crippen molar-refractivity contribution in [2.45, 2.75) is 43.7 Å². The van der Waals surface area contributed by atoms with Crippen LogP contribution in [0.1, 0.15) is 43.7 Å². The van der Waals surface area contributed by atoms with Gasteiger partial charge in [0.25, 0.3) is 0 Å². The number of fused-ring (bicyclic) bond motifs is 2. The van der Waals surface area contributed by atoms with E-state index in [1.54, 1.807) is 0 Å². The van der Waals surface area contributed by atoms with E-state index in [1.165, 1.54) is 18.4 Å². The summed E-state index contributed by atoms with van der Waals surface area (Å²) in [4.78, 5) is 0. The Morgan fingerprint density at radius 2 is 2.05 bits per heavy atom. The molecule has 1 aromatic rings. The Balaban J connectivity index is 1.66. The Morgan fingerprint density at radius 1 is 1.15 bits per heavy atom. The first-order chi connectivity index (χ1) is 9.76. The number of aliphatic hydroxyl groups is 1. The number of rotatable bonds is 1. The molecule has 1 saturated carbocycles.